The molecule has 0 spiro atoms. The lowest BCUT2D eigenvalue weighted by molar-refractivity contribution is 0.480. The summed E-state index contributed by atoms with van der Waals surface area (Å²) in [5, 5.41) is 0. The lowest BCUT2D eigenvalue weighted by Crippen LogP contribution is -2.21. The van der Waals surface area contributed by atoms with Gasteiger partial charge in [0.2, 0.25) is 5.89 Å². The number of nitrogens with zero attached hydrogens (tertiary/aromatic N) is 3. The molecule has 1 aliphatic heterocycles. The second-order valence-corrected chi connectivity index (χ2v) is 7.59. The number of aromatic nitrogens is 1. The Morgan fingerprint density at radius 3 is 2.35 bits per heavy atom. The van der Waals surface area contributed by atoms with Crippen LogP contribution in [0.4, 0.5) is 5.69 Å². The number of rotatable bonds is 5. The highest BCUT2D eigenvalue weighted by atomic mass is 16.5. The summed E-state index contributed by atoms with van der Waals surface area (Å²) in [4.78, 5) is 8.93. The second-order valence-electron chi connectivity index (χ2n) is 7.59. The summed E-state index contributed by atoms with van der Waals surface area (Å²) in [6, 6.07) is 25.9. The standard InChI is InChI=1S/C26H23N3O2/c1-19-25(20-8-4-3-5-9-20)31-26(27-19)21-10-6-12-23(16-21)30-24-13-7-11-22(17-24)29-15-14-28(2)18-29/h3-17H,18H2,1-2H3. The zero-order chi connectivity index (χ0) is 21.2. The van der Waals surface area contributed by atoms with Gasteiger partial charge < -0.3 is 19.0 Å². The highest BCUT2D eigenvalue weighted by Crippen LogP contribution is 2.33. The third-order valence-corrected chi connectivity index (χ3v) is 5.18. The van der Waals surface area contributed by atoms with Crippen LogP contribution < -0.4 is 9.64 Å². The van der Waals surface area contributed by atoms with Crippen LogP contribution in [0, 0.1) is 6.92 Å². The predicted octanol–water partition coefficient (Wildman–Crippen LogP) is 6.29. The van der Waals surface area contributed by atoms with Crippen molar-refractivity contribution < 1.29 is 9.15 Å². The van der Waals surface area contributed by atoms with E-state index < -0.39 is 0 Å². The first-order valence-corrected chi connectivity index (χ1v) is 10.2. The third kappa shape index (κ3) is 4.03. The lowest BCUT2D eigenvalue weighted by atomic mass is 10.1. The minimum absolute atomic E-state index is 0.584. The molecule has 2 heterocycles. The molecule has 4 aromatic rings. The van der Waals surface area contributed by atoms with Crippen molar-refractivity contribution in [2.75, 3.05) is 18.6 Å². The van der Waals surface area contributed by atoms with Gasteiger partial charge in [0.05, 0.1) is 12.4 Å². The van der Waals surface area contributed by atoms with E-state index in [4.69, 9.17) is 9.15 Å². The molecule has 1 aliphatic rings. The monoisotopic (exact) mass is 409 g/mol. The minimum Gasteiger partial charge on any atom is -0.457 e. The van der Waals surface area contributed by atoms with Crippen LogP contribution in [-0.4, -0.2) is 23.6 Å². The molecule has 5 nitrogen and oxygen atoms in total. The van der Waals surface area contributed by atoms with Gasteiger partial charge in [0.15, 0.2) is 5.76 Å². The molecule has 0 saturated heterocycles. The van der Waals surface area contributed by atoms with Gasteiger partial charge in [-0.1, -0.05) is 42.5 Å². The smallest absolute Gasteiger partial charge is 0.227 e. The summed E-state index contributed by atoms with van der Waals surface area (Å²) in [6.45, 7) is 2.79. The van der Waals surface area contributed by atoms with Crippen LogP contribution in [0.1, 0.15) is 5.69 Å². The summed E-state index contributed by atoms with van der Waals surface area (Å²) in [6.07, 6.45) is 4.12. The van der Waals surface area contributed by atoms with Crippen molar-refractivity contribution in [3.8, 4) is 34.3 Å². The Balaban J connectivity index is 1.39. The first-order valence-electron chi connectivity index (χ1n) is 10.2. The van der Waals surface area contributed by atoms with E-state index in [-0.39, 0.29) is 0 Å². The van der Waals surface area contributed by atoms with Crippen molar-refractivity contribution >= 4 is 5.69 Å². The molecule has 0 bridgehead atoms. The van der Waals surface area contributed by atoms with Crippen LogP contribution in [0.5, 0.6) is 11.5 Å². The fraction of sp³-hybridized carbons (Fsp3) is 0.115. The molecule has 0 fully saturated rings. The van der Waals surface area contributed by atoms with Crippen LogP contribution in [0.3, 0.4) is 0 Å². The van der Waals surface area contributed by atoms with E-state index in [1.165, 1.54) is 0 Å². The summed E-state index contributed by atoms with van der Waals surface area (Å²) in [5.74, 6) is 2.89. The first kappa shape index (κ1) is 19.0. The summed E-state index contributed by atoms with van der Waals surface area (Å²) >= 11 is 0. The number of hydrogen-bond donors (Lipinski definition) is 0. The maximum Gasteiger partial charge on any atom is 0.227 e. The predicted molar refractivity (Wildman–Crippen MR) is 123 cm³/mol. The van der Waals surface area contributed by atoms with Gasteiger partial charge in [-0.3, -0.25) is 0 Å². The van der Waals surface area contributed by atoms with Crippen molar-refractivity contribution in [3.05, 3.63) is 97.0 Å². The van der Waals surface area contributed by atoms with Crippen molar-refractivity contribution in [1.29, 1.82) is 0 Å². The quantitative estimate of drug-likeness (QED) is 0.387. The summed E-state index contributed by atoms with van der Waals surface area (Å²) in [7, 11) is 2.05. The van der Waals surface area contributed by atoms with E-state index in [0.717, 1.165) is 46.4 Å². The molecule has 0 unspecified atom stereocenters. The van der Waals surface area contributed by atoms with Gasteiger partial charge in [0.25, 0.3) is 0 Å². The summed E-state index contributed by atoms with van der Waals surface area (Å²) < 4.78 is 12.3. The van der Waals surface area contributed by atoms with E-state index in [2.05, 4.69) is 40.3 Å². The fourth-order valence-electron chi connectivity index (χ4n) is 3.63. The van der Waals surface area contributed by atoms with E-state index in [9.17, 15) is 0 Å². The Morgan fingerprint density at radius 2 is 1.58 bits per heavy atom. The van der Waals surface area contributed by atoms with E-state index in [1.807, 2.05) is 79.7 Å². The minimum atomic E-state index is 0.584. The molecule has 31 heavy (non-hydrogen) atoms. The van der Waals surface area contributed by atoms with Crippen LogP contribution in [0.25, 0.3) is 22.8 Å². The average Bonchev–Trinajstić information content (AvgIpc) is 3.40. The SMILES string of the molecule is Cc1nc(-c2cccc(Oc3cccc(N4C=CN(C)C4)c3)c2)oc1-c1ccccc1. The van der Waals surface area contributed by atoms with Crippen LogP contribution >= 0.6 is 0 Å². The maximum absolute atomic E-state index is 6.16. The molecule has 5 heteroatoms. The highest BCUT2D eigenvalue weighted by molar-refractivity contribution is 5.65. The normalized spacial score (nSPS) is 13.1. The average molecular weight is 409 g/mol. The van der Waals surface area contributed by atoms with Gasteiger partial charge in [-0.05, 0) is 37.3 Å². The first-order chi connectivity index (χ1) is 15.2. The van der Waals surface area contributed by atoms with Gasteiger partial charge in [-0.2, -0.15) is 0 Å². The number of hydrogen-bond acceptors (Lipinski definition) is 5. The van der Waals surface area contributed by atoms with E-state index in [1.54, 1.807) is 0 Å². The van der Waals surface area contributed by atoms with Crippen LogP contribution in [-0.2, 0) is 0 Å². The molecule has 1 aromatic heterocycles. The van der Waals surface area contributed by atoms with Gasteiger partial charge in [0, 0.05) is 42.3 Å². The van der Waals surface area contributed by atoms with Crippen molar-refractivity contribution in [1.82, 2.24) is 9.88 Å². The topological polar surface area (TPSA) is 41.7 Å². The molecule has 0 amide bonds. The van der Waals surface area contributed by atoms with Gasteiger partial charge >= 0.3 is 0 Å². The van der Waals surface area contributed by atoms with Crippen molar-refractivity contribution in [3.63, 3.8) is 0 Å². The molecule has 0 atom stereocenters. The Bertz CT molecular complexity index is 1230. The third-order valence-electron chi connectivity index (χ3n) is 5.18. The molecule has 0 radical (unpaired) electrons. The highest BCUT2D eigenvalue weighted by Gasteiger charge is 2.14. The molecular weight excluding hydrogens is 386 g/mol. The number of oxazole rings is 1. The fourth-order valence-corrected chi connectivity index (χ4v) is 3.63. The zero-order valence-corrected chi connectivity index (χ0v) is 17.5. The van der Waals surface area contributed by atoms with Gasteiger partial charge in [-0.15, -0.1) is 0 Å². The molecule has 0 saturated carbocycles. The molecular formula is C26H23N3O2. The van der Waals surface area contributed by atoms with Gasteiger partial charge in [0.1, 0.15) is 11.5 Å². The zero-order valence-electron chi connectivity index (χ0n) is 17.5. The number of aryl methyl sites for hydroxylation is 1. The Labute approximate surface area is 181 Å². The summed E-state index contributed by atoms with van der Waals surface area (Å²) in [5.41, 5.74) is 3.85. The number of anilines is 1. The van der Waals surface area contributed by atoms with E-state index >= 15 is 0 Å². The van der Waals surface area contributed by atoms with Crippen LogP contribution in [0.2, 0.25) is 0 Å². The number of benzene rings is 3. The Kier molecular flexibility index (Phi) is 4.92. The van der Waals surface area contributed by atoms with Crippen molar-refractivity contribution in [2.24, 2.45) is 0 Å². The van der Waals surface area contributed by atoms with Gasteiger partial charge in [-0.25, -0.2) is 4.98 Å². The van der Waals surface area contributed by atoms with Crippen LogP contribution in [0.15, 0.2) is 95.7 Å². The Hall–Kier alpha value is -3.99. The molecule has 0 N–H and O–H groups in total. The molecule has 5 rings (SSSR count). The van der Waals surface area contributed by atoms with E-state index in [0.29, 0.717) is 5.89 Å². The molecule has 154 valence electrons. The van der Waals surface area contributed by atoms with Crippen molar-refractivity contribution in [2.45, 2.75) is 6.92 Å². The second kappa shape index (κ2) is 8.03. The number of ether oxygens (including phenoxy) is 1. The Morgan fingerprint density at radius 1 is 0.839 bits per heavy atom. The maximum atomic E-state index is 6.16. The largest absolute Gasteiger partial charge is 0.457 e. The lowest BCUT2D eigenvalue weighted by Gasteiger charge is -2.19. The molecule has 0 aliphatic carbocycles. The molecule has 3 aromatic carbocycles.